The van der Waals surface area contributed by atoms with Crippen LogP contribution in [0.25, 0.3) is 0 Å². The molecule has 2 rings (SSSR count). The predicted octanol–water partition coefficient (Wildman–Crippen LogP) is 2.82. The van der Waals surface area contributed by atoms with E-state index in [-0.39, 0.29) is 5.82 Å². The van der Waals surface area contributed by atoms with Crippen LogP contribution in [0.5, 0.6) is 0 Å². The maximum Gasteiger partial charge on any atom is 0.126 e. The number of hydrogen-bond donors (Lipinski definition) is 1. The molecule has 0 spiro atoms. The molecule has 0 amide bonds. The number of likely N-dealkylation sites (tertiary alicyclic amines) is 1. The summed E-state index contributed by atoms with van der Waals surface area (Å²) in [6.07, 6.45) is 3.15. The standard InChI is InChI=1S/C16H25FN2/c1-12-7-8-19(15(9-12)11-18)13(2)10-14-5-3-4-6-16(14)17/h3-6,12-13,15H,7-11,18H2,1-2H3. The Morgan fingerprint density at radius 3 is 2.84 bits per heavy atom. The lowest BCUT2D eigenvalue weighted by molar-refractivity contribution is 0.0832. The molecule has 1 heterocycles. The molecule has 1 aliphatic rings. The summed E-state index contributed by atoms with van der Waals surface area (Å²) in [5.41, 5.74) is 6.71. The number of nitrogens with zero attached hydrogens (tertiary/aromatic N) is 1. The summed E-state index contributed by atoms with van der Waals surface area (Å²) in [4.78, 5) is 2.46. The van der Waals surface area contributed by atoms with Crippen molar-refractivity contribution in [3.05, 3.63) is 35.6 Å². The number of piperidine rings is 1. The first-order valence-corrected chi connectivity index (χ1v) is 7.31. The van der Waals surface area contributed by atoms with Crippen molar-refractivity contribution in [3.8, 4) is 0 Å². The van der Waals surface area contributed by atoms with E-state index in [0.717, 1.165) is 30.9 Å². The molecule has 1 aromatic rings. The maximum absolute atomic E-state index is 13.7. The first kappa shape index (κ1) is 14.5. The minimum atomic E-state index is -0.0935. The third kappa shape index (κ3) is 3.54. The molecule has 0 aromatic heterocycles. The molecule has 19 heavy (non-hydrogen) atoms. The van der Waals surface area contributed by atoms with E-state index in [4.69, 9.17) is 5.73 Å². The molecule has 3 unspecified atom stereocenters. The summed E-state index contributed by atoms with van der Waals surface area (Å²) in [5.74, 6) is 0.662. The summed E-state index contributed by atoms with van der Waals surface area (Å²) in [5, 5.41) is 0. The van der Waals surface area contributed by atoms with Gasteiger partial charge in [0.1, 0.15) is 5.82 Å². The molecule has 0 saturated carbocycles. The highest BCUT2D eigenvalue weighted by Gasteiger charge is 2.28. The van der Waals surface area contributed by atoms with E-state index in [0.29, 0.717) is 18.6 Å². The van der Waals surface area contributed by atoms with Crippen LogP contribution < -0.4 is 5.73 Å². The van der Waals surface area contributed by atoms with Crippen LogP contribution in [0.4, 0.5) is 4.39 Å². The molecule has 2 N–H and O–H groups in total. The highest BCUT2D eigenvalue weighted by molar-refractivity contribution is 5.18. The van der Waals surface area contributed by atoms with Crippen molar-refractivity contribution >= 4 is 0 Å². The van der Waals surface area contributed by atoms with Crippen LogP contribution >= 0.6 is 0 Å². The topological polar surface area (TPSA) is 29.3 Å². The van der Waals surface area contributed by atoms with Crippen LogP contribution in [0.15, 0.2) is 24.3 Å². The van der Waals surface area contributed by atoms with Crippen LogP contribution in [0.3, 0.4) is 0 Å². The Morgan fingerprint density at radius 1 is 1.42 bits per heavy atom. The molecular formula is C16H25FN2. The molecule has 3 atom stereocenters. The van der Waals surface area contributed by atoms with Crippen LogP contribution in [0, 0.1) is 11.7 Å². The van der Waals surface area contributed by atoms with Gasteiger partial charge in [0, 0.05) is 18.6 Å². The lowest BCUT2D eigenvalue weighted by Crippen LogP contribution is -2.50. The van der Waals surface area contributed by atoms with Crippen molar-refractivity contribution in [2.24, 2.45) is 11.7 Å². The predicted molar refractivity (Wildman–Crippen MR) is 77.5 cm³/mol. The van der Waals surface area contributed by atoms with Crippen molar-refractivity contribution in [2.75, 3.05) is 13.1 Å². The first-order valence-electron chi connectivity index (χ1n) is 7.31. The highest BCUT2D eigenvalue weighted by Crippen LogP contribution is 2.25. The Bertz CT molecular complexity index is 407. The van der Waals surface area contributed by atoms with Crippen LogP contribution in [0.2, 0.25) is 0 Å². The third-order valence-corrected chi connectivity index (χ3v) is 4.33. The van der Waals surface area contributed by atoms with E-state index >= 15 is 0 Å². The van der Waals surface area contributed by atoms with Crippen LogP contribution in [-0.4, -0.2) is 30.1 Å². The fourth-order valence-electron chi connectivity index (χ4n) is 3.18. The fraction of sp³-hybridized carbons (Fsp3) is 0.625. The molecule has 0 bridgehead atoms. The van der Waals surface area contributed by atoms with Gasteiger partial charge in [-0.15, -0.1) is 0 Å². The zero-order chi connectivity index (χ0) is 13.8. The minimum absolute atomic E-state index is 0.0935. The largest absolute Gasteiger partial charge is 0.329 e. The van der Waals surface area contributed by atoms with E-state index in [2.05, 4.69) is 18.7 Å². The molecular weight excluding hydrogens is 239 g/mol. The number of hydrogen-bond acceptors (Lipinski definition) is 2. The summed E-state index contributed by atoms with van der Waals surface area (Å²) < 4.78 is 13.7. The number of benzene rings is 1. The smallest absolute Gasteiger partial charge is 0.126 e. The summed E-state index contributed by atoms with van der Waals surface area (Å²) >= 11 is 0. The molecule has 1 fully saturated rings. The summed E-state index contributed by atoms with van der Waals surface area (Å²) in [6.45, 7) is 6.26. The third-order valence-electron chi connectivity index (χ3n) is 4.33. The second-order valence-corrected chi connectivity index (χ2v) is 5.90. The van der Waals surface area contributed by atoms with E-state index in [1.807, 2.05) is 12.1 Å². The summed E-state index contributed by atoms with van der Waals surface area (Å²) in [6, 6.07) is 7.87. The van der Waals surface area contributed by atoms with Crippen molar-refractivity contribution < 1.29 is 4.39 Å². The Morgan fingerprint density at radius 2 is 2.16 bits per heavy atom. The summed E-state index contributed by atoms with van der Waals surface area (Å²) in [7, 11) is 0. The second kappa shape index (κ2) is 6.49. The Labute approximate surface area is 115 Å². The van der Waals surface area contributed by atoms with Gasteiger partial charge in [0.05, 0.1) is 0 Å². The Hall–Kier alpha value is -0.930. The van der Waals surface area contributed by atoms with Gasteiger partial charge in [0.15, 0.2) is 0 Å². The lowest BCUT2D eigenvalue weighted by Gasteiger charge is -2.41. The van der Waals surface area contributed by atoms with Gasteiger partial charge in [-0.2, -0.15) is 0 Å². The van der Waals surface area contributed by atoms with Gasteiger partial charge in [-0.3, -0.25) is 4.90 Å². The SMILES string of the molecule is CC1CCN(C(C)Cc2ccccc2F)C(CN)C1. The van der Waals surface area contributed by atoms with Gasteiger partial charge >= 0.3 is 0 Å². The normalized spacial score (nSPS) is 26.3. The van der Waals surface area contributed by atoms with Gasteiger partial charge in [-0.25, -0.2) is 4.39 Å². The monoisotopic (exact) mass is 264 g/mol. The Balaban J connectivity index is 2.02. The van der Waals surface area contributed by atoms with Crippen molar-refractivity contribution in [1.29, 1.82) is 0 Å². The van der Waals surface area contributed by atoms with Gasteiger partial charge in [0.25, 0.3) is 0 Å². The molecule has 0 radical (unpaired) electrons. The van der Waals surface area contributed by atoms with E-state index in [1.54, 1.807) is 12.1 Å². The molecule has 2 nitrogen and oxygen atoms in total. The van der Waals surface area contributed by atoms with Crippen molar-refractivity contribution in [3.63, 3.8) is 0 Å². The fourth-order valence-corrected chi connectivity index (χ4v) is 3.18. The van der Waals surface area contributed by atoms with E-state index in [1.165, 1.54) is 6.42 Å². The van der Waals surface area contributed by atoms with E-state index in [9.17, 15) is 4.39 Å². The number of rotatable bonds is 4. The maximum atomic E-state index is 13.7. The first-order chi connectivity index (χ1) is 9.11. The average Bonchev–Trinajstić information content (AvgIpc) is 2.41. The van der Waals surface area contributed by atoms with Gasteiger partial charge in [-0.1, -0.05) is 25.1 Å². The number of nitrogens with two attached hydrogens (primary N) is 1. The molecule has 106 valence electrons. The van der Waals surface area contributed by atoms with Crippen molar-refractivity contribution in [2.45, 2.75) is 45.2 Å². The van der Waals surface area contributed by atoms with Gasteiger partial charge < -0.3 is 5.73 Å². The molecule has 1 aliphatic heterocycles. The van der Waals surface area contributed by atoms with Crippen LogP contribution in [-0.2, 0) is 6.42 Å². The van der Waals surface area contributed by atoms with Crippen LogP contribution in [0.1, 0.15) is 32.3 Å². The lowest BCUT2D eigenvalue weighted by atomic mass is 9.90. The second-order valence-electron chi connectivity index (χ2n) is 5.90. The Kier molecular flexibility index (Phi) is 4.94. The average molecular weight is 264 g/mol. The molecule has 1 saturated heterocycles. The minimum Gasteiger partial charge on any atom is -0.329 e. The van der Waals surface area contributed by atoms with Crippen molar-refractivity contribution in [1.82, 2.24) is 4.90 Å². The highest BCUT2D eigenvalue weighted by atomic mass is 19.1. The van der Waals surface area contributed by atoms with E-state index < -0.39 is 0 Å². The zero-order valence-electron chi connectivity index (χ0n) is 12.0. The quantitative estimate of drug-likeness (QED) is 0.906. The van der Waals surface area contributed by atoms with Gasteiger partial charge in [0.2, 0.25) is 0 Å². The molecule has 0 aliphatic carbocycles. The van der Waals surface area contributed by atoms with Gasteiger partial charge in [-0.05, 0) is 50.3 Å². The molecule has 3 heteroatoms. The number of halogens is 1. The zero-order valence-corrected chi connectivity index (χ0v) is 12.0. The molecule has 1 aromatic carbocycles.